The summed E-state index contributed by atoms with van der Waals surface area (Å²) in [6, 6.07) is 5.77. The van der Waals surface area contributed by atoms with Gasteiger partial charge in [-0.3, -0.25) is 4.21 Å². The Hall–Kier alpha value is -0.740. The van der Waals surface area contributed by atoms with Gasteiger partial charge in [-0.25, -0.2) is 4.39 Å². The highest BCUT2D eigenvalue weighted by Gasteiger charge is 2.22. The van der Waals surface area contributed by atoms with Crippen molar-refractivity contribution in [2.75, 3.05) is 0 Å². The van der Waals surface area contributed by atoms with E-state index in [1.54, 1.807) is 12.1 Å². The van der Waals surface area contributed by atoms with Crippen LogP contribution < -0.4 is 5.73 Å². The summed E-state index contributed by atoms with van der Waals surface area (Å²) in [4.78, 5) is 0.657. The molecular weight excluding hydrogens is 237 g/mol. The largest absolute Gasteiger partial charge is 0.327 e. The van der Waals surface area contributed by atoms with E-state index in [4.69, 9.17) is 5.73 Å². The summed E-state index contributed by atoms with van der Waals surface area (Å²) >= 11 is 0. The second-order valence-electron chi connectivity index (χ2n) is 4.15. The molecule has 0 bridgehead atoms. The van der Waals surface area contributed by atoms with Crippen molar-refractivity contribution in [2.45, 2.75) is 49.3 Å². The van der Waals surface area contributed by atoms with Gasteiger partial charge in [-0.15, -0.1) is 0 Å². The Balaban J connectivity index is 2.82. The molecule has 2 nitrogen and oxygen atoms in total. The molecule has 0 aromatic heterocycles. The molecule has 3 atom stereocenters. The number of halogens is 1. The van der Waals surface area contributed by atoms with Crippen LogP contribution in [0.4, 0.5) is 4.39 Å². The number of benzene rings is 1. The van der Waals surface area contributed by atoms with E-state index in [9.17, 15) is 8.60 Å². The van der Waals surface area contributed by atoms with E-state index < -0.39 is 10.8 Å². The third kappa shape index (κ3) is 3.89. The van der Waals surface area contributed by atoms with Crippen molar-refractivity contribution in [2.24, 2.45) is 5.73 Å². The first-order valence-corrected chi connectivity index (χ1v) is 7.23. The quantitative estimate of drug-likeness (QED) is 0.851. The normalized spacial score (nSPS) is 16.5. The van der Waals surface area contributed by atoms with E-state index in [0.29, 0.717) is 4.90 Å². The van der Waals surface area contributed by atoms with Crippen LogP contribution >= 0.6 is 0 Å². The highest BCUT2D eigenvalue weighted by atomic mass is 32.2. The first-order valence-electron chi connectivity index (χ1n) is 6.01. The molecule has 0 amide bonds. The standard InChI is InChI=1S/C13H20FNOS/c1-3-5-12(15)13(4-2)17(16)11-8-6-10(14)7-9-11/h6-9,12-13H,3-5,15H2,1-2H3. The Labute approximate surface area is 105 Å². The zero-order chi connectivity index (χ0) is 12.8. The lowest BCUT2D eigenvalue weighted by atomic mass is 10.1. The third-order valence-corrected chi connectivity index (χ3v) is 4.79. The van der Waals surface area contributed by atoms with Gasteiger partial charge in [0.15, 0.2) is 0 Å². The van der Waals surface area contributed by atoms with Crippen LogP contribution in [0.25, 0.3) is 0 Å². The zero-order valence-electron chi connectivity index (χ0n) is 10.4. The SMILES string of the molecule is CCCC(N)C(CC)S(=O)c1ccc(F)cc1. The van der Waals surface area contributed by atoms with Gasteiger partial charge < -0.3 is 5.73 Å². The van der Waals surface area contributed by atoms with E-state index >= 15 is 0 Å². The minimum Gasteiger partial charge on any atom is -0.327 e. The van der Waals surface area contributed by atoms with Crippen molar-refractivity contribution in [3.63, 3.8) is 0 Å². The van der Waals surface area contributed by atoms with Crippen molar-refractivity contribution in [3.8, 4) is 0 Å². The molecule has 1 rings (SSSR count). The smallest absolute Gasteiger partial charge is 0.123 e. The maximum atomic E-state index is 12.8. The summed E-state index contributed by atoms with van der Waals surface area (Å²) in [6.07, 6.45) is 2.62. The molecular formula is C13H20FNOS. The monoisotopic (exact) mass is 257 g/mol. The van der Waals surface area contributed by atoms with Crippen molar-refractivity contribution in [3.05, 3.63) is 30.1 Å². The zero-order valence-corrected chi connectivity index (χ0v) is 11.2. The average Bonchev–Trinajstić information content (AvgIpc) is 2.31. The van der Waals surface area contributed by atoms with Crippen LogP contribution in [0.5, 0.6) is 0 Å². The van der Waals surface area contributed by atoms with E-state index in [1.807, 2.05) is 6.92 Å². The number of nitrogens with two attached hydrogens (primary N) is 1. The summed E-state index contributed by atoms with van der Waals surface area (Å²) in [6.45, 7) is 4.05. The molecule has 0 saturated heterocycles. The molecule has 2 N–H and O–H groups in total. The molecule has 0 heterocycles. The Morgan fingerprint density at radius 1 is 1.29 bits per heavy atom. The van der Waals surface area contributed by atoms with Crippen LogP contribution in [0, 0.1) is 5.82 Å². The molecule has 0 aliphatic rings. The lowest BCUT2D eigenvalue weighted by Crippen LogP contribution is -2.37. The van der Waals surface area contributed by atoms with Crippen molar-refractivity contribution in [1.29, 1.82) is 0 Å². The molecule has 4 heteroatoms. The number of hydrogen-bond donors (Lipinski definition) is 1. The molecule has 0 radical (unpaired) electrons. The van der Waals surface area contributed by atoms with Gasteiger partial charge in [-0.1, -0.05) is 20.3 Å². The van der Waals surface area contributed by atoms with Crippen LogP contribution in [-0.2, 0) is 10.8 Å². The predicted molar refractivity (Wildman–Crippen MR) is 69.8 cm³/mol. The Morgan fingerprint density at radius 2 is 1.88 bits per heavy atom. The first kappa shape index (κ1) is 14.3. The van der Waals surface area contributed by atoms with Crippen LogP contribution in [0.1, 0.15) is 33.1 Å². The third-order valence-electron chi connectivity index (χ3n) is 2.82. The van der Waals surface area contributed by atoms with Gasteiger partial charge in [0.25, 0.3) is 0 Å². The first-order chi connectivity index (χ1) is 8.10. The molecule has 0 saturated carbocycles. The van der Waals surface area contributed by atoms with Gasteiger partial charge in [-0.05, 0) is 37.1 Å². The van der Waals surface area contributed by atoms with E-state index in [1.165, 1.54) is 12.1 Å². The molecule has 0 aliphatic heterocycles. The Bertz CT molecular complexity index is 366. The lowest BCUT2D eigenvalue weighted by Gasteiger charge is -2.21. The fourth-order valence-corrected chi connectivity index (χ4v) is 3.39. The maximum Gasteiger partial charge on any atom is 0.123 e. The van der Waals surface area contributed by atoms with Gasteiger partial charge in [0.1, 0.15) is 5.82 Å². The van der Waals surface area contributed by atoms with E-state index in [0.717, 1.165) is 19.3 Å². The maximum absolute atomic E-state index is 12.8. The molecule has 17 heavy (non-hydrogen) atoms. The summed E-state index contributed by atoms with van der Waals surface area (Å²) in [5, 5.41) is -0.0552. The molecule has 0 aliphatic carbocycles. The van der Waals surface area contributed by atoms with Gasteiger partial charge in [0, 0.05) is 10.9 Å². The van der Waals surface area contributed by atoms with Gasteiger partial charge in [0.05, 0.1) is 16.0 Å². The fraction of sp³-hybridized carbons (Fsp3) is 0.538. The summed E-state index contributed by atoms with van der Waals surface area (Å²) in [5.74, 6) is -0.309. The Morgan fingerprint density at radius 3 is 2.35 bits per heavy atom. The lowest BCUT2D eigenvalue weighted by molar-refractivity contribution is 0.549. The van der Waals surface area contributed by atoms with Crippen LogP contribution in [0.3, 0.4) is 0 Å². The minimum atomic E-state index is -1.15. The number of hydrogen-bond acceptors (Lipinski definition) is 2. The van der Waals surface area contributed by atoms with Crippen molar-refractivity contribution < 1.29 is 8.60 Å². The second kappa shape index (κ2) is 6.87. The highest BCUT2D eigenvalue weighted by molar-refractivity contribution is 7.85. The fourth-order valence-electron chi connectivity index (χ4n) is 1.88. The summed E-state index contributed by atoms with van der Waals surface area (Å²) < 4.78 is 25.1. The van der Waals surface area contributed by atoms with Crippen LogP contribution in [0.15, 0.2) is 29.2 Å². The van der Waals surface area contributed by atoms with Crippen molar-refractivity contribution in [1.82, 2.24) is 0 Å². The van der Waals surface area contributed by atoms with Crippen LogP contribution in [0.2, 0.25) is 0 Å². The Kier molecular flexibility index (Phi) is 5.78. The number of rotatable bonds is 6. The topological polar surface area (TPSA) is 43.1 Å². The summed E-state index contributed by atoms with van der Waals surface area (Å²) in [7, 11) is -1.15. The van der Waals surface area contributed by atoms with Gasteiger partial charge in [-0.2, -0.15) is 0 Å². The summed E-state index contributed by atoms with van der Waals surface area (Å²) in [5.41, 5.74) is 6.04. The molecule has 1 aromatic carbocycles. The van der Waals surface area contributed by atoms with E-state index in [-0.39, 0.29) is 17.1 Å². The van der Waals surface area contributed by atoms with E-state index in [2.05, 4.69) is 6.92 Å². The average molecular weight is 257 g/mol. The molecule has 0 spiro atoms. The minimum absolute atomic E-state index is 0.0552. The highest BCUT2D eigenvalue weighted by Crippen LogP contribution is 2.18. The van der Waals surface area contributed by atoms with Gasteiger partial charge in [0.2, 0.25) is 0 Å². The molecule has 3 unspecified atom stereocenters. The molecule has 96 valence electrons. The van der Waals surface area contributed by atoms with Crippen LogP contribution in [-0.4, -0.2) is 15.5 Å². The predicted octanol–water partition coefficient (Wildman–Crippen LogP) is 2.84. The van der Waals surface area contributed by atoms with Gasteiger partial charge >= 0.3 is 0 Å². The second-order valence-corrected chi connectivity index (χ2v) is 5.82. The van der Waals surface area contributed by atoms with Crippen molar-refractivity contribution >= 4 is 10.8 Å². The molecule has 0 fully saturated rings. The molecule has 1 aromatic rings.